The molecule has 0 aliphatic rings. The Morgan fingerprint density at radius 2 is 2.24 bits per heavy atom. The highest BCUT2D eigenvalue weighted by Crippen LogP contribution is 2.11. The van der Waals surface area contributed by atoms with Crippen molar-refractivity contribution in [3.63, 3.8) is 0 Å². The largest absolute Gasteiger partial charge is 0.481 e. The third-order valence-electron chi connectivity index (χ3n) is 2.25. The predicted octanol–water partition coefficient (Wildman–Crippen LogP) is 0.534. The molecule has 0 amide bonds. The quantitative estimate of drug-likeness (QED) is 0.831. The number of aromatic nitrogens is 5. The van der Waals surface area contributed by atoms with Crippen LogP contribution in [0.5, 0.6) is 5.88 Å². The normalized spacial score (nSPS) is 10.3. The number of methoxy groups -OCH3 is 1. The number of nitrogens with zero attached hydrogens (tertiary/aromatic N) is 5. The fourth-order valence-corrected chi connectivity index (χ4v) is 1.35. The van der Waals surface area contributed by atoms with E-state index in [1.807, 2.05) is 18.5 Å². The summed E-state index contributed by atoms with van der Waals surface area (Å²) in [4.78, 5) is 8.43. The minimum Gasteiger partial charge on any atom is -0.481 e. The van der Waals surface area contributed by atoms with E-state index in [0.29, 0.717) is 18.4 Å². The summed E-state index contributed by atoms with van der Waals surface area (Å²) in [5, 5.41) is 10.8. The van der Waals surface area contributed by atoms with Crippen molar-refractivity contribution in [3.8, 4) is 5.88 Å². The van der Waals surface area contributed by atoms with Gasteiger partial charge in [0.05, 0.1) is 13.7 Å². The smallest absolute Gasteiger partial charge is 0.226 e. The maximum atomic E-state index is 5.07. The molecule has 0 radical (unpaired) electrons. The van der Waals surface area contributed by atoms with Gasteiger partial charge in [-0.2, -0.15) is 4.98 Å². The Morgan fingerprint density at radius 3 is 2.88 bits per heavy atom. The van der Waals surface area contributed by atoms with Crippen LogP contribution in [0.2, 0.25) is 0 Å². The van der Waals surface area contributed by atoms with Crippen molar-refractivity contribution in [2.75, 3.05) is 12.4 Å². The van der Waals surface area contributed by atoms with Crippen LogP contribution < -0.4 is 10.1 Å². The lowest BCUT2D eigenvalue weighted by atomic mass is 10.4. The topological polar surface area (TPSA) is 77.8 Å². The van der Waals surface area contributed by atoms with E-state index in [9.17, 15) is 0 Å². The van der Waals surface area contributed by atoms with Gasteiger partial charge < -0.3 is 14.6 Å². The summed E-state index contributed by atoms with van der Waals surface area (Å²) in [5.41, 5.74) is 0.845. The minimum absolute atomic E-state index is 0.517. The molecule has 7 heteroatoms. The third kappa shape index (κ3) is 2.68. The Bertz CT molecular complexity index is 509. The molecule has 0 atom stereocenters. The van der Waals surface area contributed by atoms with Crippen LogP contribution >= 0.6 is 0 Å². The number of nitrogens with one attached hydrogen (secondary N) is 1. The van der Waals surface area contributed by atoms with E-state index in [4.69, 9.17) is 4.74 Å². The predicted molar refractivity (Wildman–Crippen MR) is 61.7 cm³/mol. The van der Waals surface area contributed by atoms with Crippen LogP contribution in [0.15, 0.2) is 12.4 Å². The Hall–Kier alpha value is -2.18. The van der Waals surface area contributed by atoms with E-state index in [1.54, 1.807) is 19.5 Å². The molecule has 0 saturated carbocycles. The van der Waals surface area contributed by atoms with Crippen LogP contribution in [0.1, 0.15) is 11.5 Å². The van der Waals surface area contributed by atoms with Crippen molar-refractivity contribution in [3.05, 3.63) is 23.9 Å². The number of hydrogen-bond acceptors (Lipinski definition) is 6. The van der Waals surface area contributed by atoms with E-state index in [2.05, 4.69) is 25.5 Å². The lowest BCUT2D eigenvalue weighted by Crippen LogP contribution is -2.09. The van der Waals surface area contributed by atoms with Crippen LogP contribution in [0, 0.1) is 6.92 Å². The molecule has 0 aliphatic carbocycles. The zero-order chi connectivity index (χ0) is 12.3. The average molecular weight is 234 g/mol. The molecule has 2 heterocycles. The van der Waals surface area contributed by atoms with Gasteiger partial charge in [0.25, 0.3) is 0 Å². The van der Waals surface area contributed by atoms with Crippen molar-refractivity contribution in [1.82, 2.24) is 24.7 Å². The molecule has 90 valence electrons. The number of anilines is 1. The van der Waals surface area contributed by atoms with E-state index in [-0.39, 0.29) is 0 Å². The van der Waals surface area contributed by atoms with Crippen LogP contribution in [0.3, 0.4) is 0 Å². The van der Waals surface area contributed by atoms with Gasteiger partial charge in [-0.25, -0.2) is 4.98 Å². The molecule has 0 aliphatic heterocycles. The lowest BCUT2D eigenvalue weighted by Gasteiger charge is -2.06. The standard InChI is InChI=1S/C10H14N6O/c1-7-4-9(17-3)14-10(13-7)11-5-8-15-12-6-16(8)2/h4,6H,5H2,1-3H3,(H,11,13,14). The van der Waals surface area contributed by atoms with E-state index >= 15 is 0 Å². The number of rotatable bonds is 4. The van der Waals surface area contributed by atoms with Gasteiger partial charge in [-0.15, -0.1) is 10.2 Å². The monoisotopic (exact) mass is 234 g/mol. The van der Waals surface area contributed by atoms with Crippen molar-refractivity contribution in [2.24, 2.45) is 7.05 Å². The van der Waals surface area contributed by atoms with Crippen LogP contribution in [-0.4, -0.2) is 31.8 Å². The van der Waals surface area contributed by atoms with Crippen LogP contribution in [0.25, 0.3) is 0 Å². The molecule has 7 nitrogen and oxygen atoms in total. The molecule has 0 bridgehead atoms. The second-order valence-electron chi connectivity index (χ2n) is 3.59. The summed E-state index contributed by atoms with van der Waals surface area (Å²) in [6, 6.07) is 1.77. The summed E-state index contributed by atoms with van der Waals surface area (Å²) in [6.07, 6.45) is 1.65. The summed E-state index contributed by atoms with van der Waals surface area (Å²) in [7, 11) is 3.46. The van der Waals surface area contributed by atoms with E-state index < -0.39 is 0 Å². The average Bonchev–Trinajstić information content (AvgIpc) is 2.71. The molecule has 0 spiro atoms. The summed E-state index contributed by atoms with van der Waals surface area (Å²) < 4.78 is 6.91. The SMILES string of the molecule is COc1cc(C)nc(NCc2nncn2C)n1. The molecule has 0 saturated heterocycles. The highest BCUT2D eigenvalue weighted by atomic mass is 16.5. The Kier molecular flexibility index (Phi) is 3.17. The van der Waals surface area contributed by atoms with Crippen molar-refractivity contribution in [1.29, 1.82) is 0 Å². The number of hydrogen-bond donors (Lipinski definition) is 1. The maximum absolute atomic E-state index is 5.07. The molecule has 17 heavy (non-hydrogen) atoms. The van der Waals surface area contributed by atoms with E-state index in [1.165, 1.54) is 0 Å². The Labute approximate surface area is 98.9 Å². The molecule has 1 N–H and O–H groups in total. The van der Waals surface area contributed by atoms with Crippen LogP contribution in [-0.2, 0) is 13.6 Å². The van der Waals surface area contributed by atoms with Gasteiger partial charge in [0.15, 0.2) is 5.82 Å². The van der Waals surface area contributed by atoms with Gasteiger partial charge in [0.1, 0.15) is 6.33 Å². The van der Waals surface area contributed by atoms with Crippen molar-refractivity contribution in [2.45, 2.75) is 13.5 Å². The lowest BCUT2D eigenvalue weighted by molar-refractivity contribution is 0.397. The van der Waals surface area contributed by atoms with Crippen molar-refractivity contribution >= 4 is 5.95 Å². The van der Waals surface area contributed by atoms with Crippen molar-refractivity contribution < 1.29 is 4.74 Å². The highest BCUT2D eigenvalue weighted by Gasteiger charge is 2.04. The van der Waals surface area contributed by atoms with Gasteiger partial charge in [-0.3, -0.25) is 0 Å². The second-order valence-corrected chi connectivity index (χ2v) is 3.59. The fraction of sp³-hybridized carbons (Fsp3) is 0.400. The summed E-state index contributed by atoms with van der Waals surface area (Å²) in [5.74, 6) is 1.87. The first-order valence-electron chi connectivity index (χ1n) is 5.15. The molecule has 2 aromatic heterocycles. The molecular weight excluding hydrogens is 220 g/mol. The Morgan fingerprint density at radius 1 is 1.41 bits per heavy atom. The molecular formula is C10H14N6O. The highest BCUT2D eigenvalue weighted by molar-refractivity contribution is 5.30. The van der Waals surface area contributed by atoms with Crippen LogP contribution in [0.4, 0.5) is 5.95 Å². The third-order valence-corrected chi connectivity index (χ3v) is 2.25. The molecule has 0 aromatic carbocycles. The second kappa shape index (κ2) is 4.77. The first kappa shape index (κ1) is 11.3. The van der Waals surface area contributed by atoms with Gasteiger partial charge in [0.2, 0.25) is 11.8 Å². The zero-order valence-corrected chi connectivity index (χ0v) is 10.0. The van der Waals surface area contributed by atoms with E-state index in [0.717, 1.165) is 11.5 Å². The van der Waals surface area contributed by atoms with Gasteiger partial charge in [-0.05, 0) is 6.92 Å². The molecule has 0 unspecified atom stereocenters. The first-order chi connectivity index (χ1) is 8.19. The molecule has 2 aromatic rings. The first-order valence-corrected chi connectivity index (χ1v) is 5.15. The van der Waals surface area contributed by atoms with Gasteiger partial charge in [0, 0.05) is 18.8 Å². The minimum atomic E-state index is 0.517. The van der Waals surface area contributed by atoms with Gasteiger partial charge in [-0.1, -0.05) is 0 Å². The zero-order valence-electron chi connectivity index (χ0n) is 10.0. The fourth-order valence-electron chi connectivity index (χ4n) is 1.35. The van der Waals surface area contributed by atoms with Gasteiger partial charge >= 0.3 is 0 Å². The Balaban J connectivity index is 2.09. The summed E-state index contributed by atoms with van der Waals surface area (Å²) in [6.45, 7) is 2.40. The molecule has 2 rings (SSSR count). The summed E-state index contributed by atoms with van der Waals surface area (Å²) >= 11 is 0. The number of ether oxygens (including phenoxy) is 1. The molecule has 0 fully saturated rings. The maximum Gasteiger partial charge on any atom is 0.226 e. The number of aryl methyl sites for hydroxylation is 2.